The Kier molecular flexibility index (Phi) is 5.29. The first-order valence-electron chi connectivity index (χ1n) is 6.75. The Morgan fingerprint density at radius 3 is 1.96 bits per heavy atom. The van der Waals surface area contributed by atoms with Crippen molar-refractivity contribution in [1.29, 1.82) is 0 Å². The van der Waals surface area contributed by atoms with E-state index < -0.39 is 9.85 Å². The molecule has 0 fully saturated rings. The number of non-ortho nitro benzene ring substituents is 2. The number of nitro benzene ring substituents is 2. The van der Waals surface area contributed by atoms with E-state index in [0.29, 0.717) is 11.1 Å². The number of benzene rings is 2. The van der Waals surface area contributed by atoms with E-state index in [-0.39, 0.29) is 23.7 Å². The van der Waals surface area contributed by atoms with E-state index in [2.05, 4.69) is 10.5 Å². The average molecular weight is 328 g/mol. The predicted octanol–water partition coefficient (Wildman–Crippen LogP) is 2.20. The van der Waals surface area contributed by atoms with Crippen LogP contribution in [0, 0.1) is 20.2 Å². The highest BCUT2D eigenvalue weighted by molar-refractivity contribution is 5.83. The fourth-order valence-corrected chi connectivity index (χ4v) is 1.82. The number of amides is 1. The molecule has 0 atom stereocenters. The van der Waals surface area contributed by atoms with E-state index >= 15 is 0 Å². The number of rotatable bonds is 6. The Balaban J connectivity index is 1.88. The second-order valence-corrected chi connectivity index (χ2v) is 4.74. The lowest BCUT2D eigenvalue weighted by Crippen LogP contribution is -2.19. The number of hydrogen-bond donors (Lipinski definition) is 1. The van der Waals surface area contributed by atoms with Crippen LogP contribution in [0.4, 0.5) is 11.4 Å². The van der Waals surface area contributed by atoms with E-state index in [1.807, 2.05) is 0 Å². The summed E-state index contributed by atoms with van der Waals surface area (Å²) in [5.41, 5.74) is 3.45. The lowest BCUT2D eigenvalue weighted by Gasteiger charge is -2.00. The maximum absolute atomic E-state index is 11.7. The van der Waals surface area contributed by atoms with E-state index in [1.54, 1.807) is 0 Å². The van der Waals surface area contributed by atoms with Gasteiger partial charge in [-0.1, -0.05) is 12.1 Å². The Hall–Kier alpha value is -3.62. The van der Waals surface area contributed by atoms with Crippen LogP contribution in [0.15, 0.2) is 53.6 Å². The normalized spacial score (nSPS) is 10.5. The van der Waals surface area contributed by atoms with E-state index in [4.69, 9.17) is 0 Å². The van der Waals surface area contributed by atoms with Crippen LogP contribution in [-0.2, 0) is 11.2 Å². The third-order valence-electron chi connectivity index (χ3n) is 3.02. The van der Waals surface area contributed by atoms with Crippen molar-refractivity contribution in [3.05, 3.63) is 79.9 Å². The average Bonchev–Trinajstić information content (AvgIpc) is 2.55. The van der Waals surface area contributed by atoms with Gasteiger partial charge in [0, 0.05) is 24.3 Å². The molecule has 2 aromatic carbocycles. The van der Waals surface area contributed by atoms with Gasteiger partial charge in [-0.15, -0.1) is 0 Å². The first kappa shape index (κ1) is 16.7. The zero-order chi connectivity index (χ0) is 17.5. The standard InChI is InChI=1S/C15H12N4O5/c20-15(9-11-1-5-13(6-2-11)18(21)22)17-16-10-12-3-7-14(8-4-12)19(23)24/h1-8,10H,9H2,(H,17,20)/b16-10-. The topological polar surface area (TPSA) is 128 Å². The molecule has 0 bridgehead atoms. The number of nitrogens with one attached hydrogen (secondary N) is 1. The highest BCUT2D eigenvalue weighted by atomic mass is 16.6. The van der Waals surface area contributed by atoms with Crippen molar-refractivity contribution in [1.82, 2.24) is 5.43 Å². The largest absolute Gasteiger partial charge is 0.273 e. The molecule has 0 heterocycles. The molecule has 0 aliphatic carbocycles. The summed E-state index contributed by atoms with van der Waals surface area (Å²) in [5.74, 6) is -0.387. The predicted molar refractivity (Wildman–Crippen MR) is 85.6 cm³/mol. The van der Waals surface area contributed by atoms with Crippen molar-refractivity contribution in [2.75, 3.05) is 0 Å². The quantitative estimate of drug-likeness (QED) is 0.494. The van der Waals surface area contributed by atoms with E-state index in [0.717, 1.165) is 0 Å². The first-order chi connectivity index (χ1) is 11.5. The highest BCUT2D eigenvalue weighted by Gasteiger charge is 2.07. The molecule has 0 radical (unpaired) electrons. The molecule has 122 valence electrons. The van der Waals surface area contributed by atoms with Gasteiger partial charge in [-0.2, -0.15) is 5.10 Å². The van der Waals surface area contributed by atoms with Crippen LogP contribution in [0.2, 0.25) is 0 Å². The number of carbonyl (C=O) groups excluding carboxylic acids is 1. The molecular formula is C15H12N4O5. The van der Waals surface area contributed by atoms with Crippen molar-refractivity contribution in [2.24, 2.45) is 5.10 Å². The summed E-state index contributed by atoms with van der Waals surface area (Å²) < 4.78 is 0. The molecule has 1 amide bonds. The van der Waals surface area contributed by atoms with Crippen molar-refractivity contribution >= 4 is 23.5 Å². The molecule has 9 heteroatoms. The van der Waals surface area contributed by atoms with Crippen LogP contribution in [0.25, 0.3) is 0 Å². The smallest absolute Gasteiger partial charge is 0.269 e. The van der Waals surface area contributed by atoms with Crippen LogP contribution < -0.4 is 5.43 Å². The minimum Gasteiger partial charge on any atom is -0.273 e. The third-order valence-corrected chi connectivity index (χ3v) is 3.02. The Bertz CT molecular complexity index is 785. The molecule has 0 aromatic heterocycles. The summed E-state index contributed by atoms with van der Waals surface area (Å²) in [6, 6.07) is 11.3. The molecule has 0 spiro atoms. The monoisotopic (exact) mass is 328 g/mol. The summed E-state index contributed by atoms with van der Waals surface area (Å²) in [6.45, 7) is 0. The number of hydrogen-bond acceptors (Lipinski definition) is 6. The van der Waals surface area contributed by atoms with Crippen LogP contribution in [0.3, 0.4) is 0 Å². The molecule has 1 N–H and O–H groups in total. The van der Waals surface area contributed by atoms with Crippen LogP contribution in [0.5, 0.6) is 0 Å². The van der Waals surface area contributed by atoms with Gasteiger partial charge in [0.2, 0.25) is 5.91 Å². The number of nitro groups is 2. The second-order valence-electron chi connectivity index (χ2n) is 4.74. The zero-order valence-electron chi connectivity index (χ0n) is 12.3. The minimum absolute atomic E-state index is 0.0234. The Labute approximate surface area is 135 Å². The summed E-state index contributed by atoms with van der Waals surface area (Å²) >= 11 is 0. The lowest BCUT2D eigenvalue weighted by molar-refractivity contribution is -0.385. The fraction of sp³-hybridized carbons (Fsp3) is 0.0667. The van der Waals surface area contributed by atoms with Gasteiger partial charge in [0.25, 0.3) is 11.4 Å². The van der Waals surface area contributed by atoms with Crippen LogP contribution in [0.1, 0.15) is 11.1 Å². The number of carbonyl (C=O) groups is 1. The molecule has 0 unspecified atom stereocenters. The van der Waals surface area contributed by atoms with Crippen molar-refractivity contribution in [2.45, 2.75) is 6.42 Å². The molecule has 0 saturated heterocycles. The van der Waals surface area contributed by atoms with Crippen molar-refractivity contribution in [3.63, 3.8) is 0 Å². The summed E-state index contributed by atoms with van der Waals surface area (Å²) in [6.07, 6.45) is 1.38. The maximum Gasteiger partial charge on any atom is 0.269 e. The molecule has 2 rings (SSSR count). The van der Waals surface area contributed by atoms with E-state index in [9.17, 15) is 25.0 Å². The van der Waals surface area contributed by atoms with Gasteiger partial charge < -0.3 is 0 Å². The van der Waals surface area contributed by atoms with E-state index in [1.165, 1.54) is 54.7 Å². The maximum atomic E-state index is 11.7. The molecule has 0 aliphatic rings. The van der Waals surface area contributed by atoms with Crippen LogP contribution >= 0.6 is 0 Å². The SMILES string of the molecule is O=C(Cc1ccc([N+](=O)[O-])cc1)N/N=C\c1ccc([N+](=O)[O-])cc1. The minimum atomic E-state index is -0.516. The first-order valence-corrected chi connectivity index (χ1v) is 6.75. The number of nitrogens with zero attached hydrogens (tertiary/aromatic N) is 3. The van der Waals surface area contributed by atoms with Gasteiger partial charge >= 0.3 is 0 Å². The van der Waals surface area contributed by atoms with Gasteiger partial charge in [-0.25, -0.2) is 5.43 Å². The molecule has 0 aliphatic heterocycles. The van der Waals surface area contributed by atoms with Gasteiger partial charge in [0.1, 0.15) is 0 Å². The molecule has 9 nitrogen and oxygen atoms in total. The molecule has 2 aromatic rings. The molecule has 24 heavy (non-hydrogen) atoms. The number of hydrazone groups is 1. The van der Waals surface area contributed by atoms with Gasteiger partial charge in [0.05, 0.1) is 22.5 Å². The summed E-state index contributed by atoms with van der Waals surface area (Å²) in [5, 5.41) is 24.8. The highest BCUT2D eigenvalue weighted by Crippen LogP contribution is 2.12. The van der Waals surface area contributed by atoms with Gasteiger partial charge in [-0.3, -0.25) is 25.0 Å². The lowest BCUT2D eigenvalue weighted by atomic mass is 10.1. The molecule has 0 saturated carbocycles. The Morgan fingerprint density at radius 2 is 1.46 bits per heavy atom. The Morgan fingerprint density at radius 1 is 0.958 bits per heavy atom. The van der Waals surface area contributed by atoms with Gasteiger partial charge in [0.15, 0.2) is 0 Å². The van der Waals surface area contributed by atoms with Gasteiger partial charge in [-0.05, 0) is 23.3 Å². The fourth-order valence-electron chi connectivity index (χ4n) is 1.82. The summed E-state index contributed by atoms with van der Waals surface area (Å²) in [4.78, 5) is 31.8. The summed E-state index contributed by atoms with van der Waals surface area (Å²) in [7, 11) is 0. The van der Waals surface area contributed by atoms with Crippen molar-refractivity contribution in [3.8, 4) is 0 Å². The zero-order valence-corrected chi connectivity index (χ0v) is 12.3. The van der Waals surface area contributed by atoms with Crippen LogP contribution in [-0.4, -0.2) is 22.0 Å². The second kappa shape index (κ2) is 7.58. The third kappa shape index (κ3) is 4.70. The molecular weight excluding hydrogens is 316 g/mol. The van der Waals surface area contributed by atoms with Crippen molar-refractivity contribution < 1.29 is 14.6 Å².